The van der Waals surface area contributed by atoms with E-state index in [0.29, 0.717) is 6.04 Å². The molecule has 5 nitrogen and oxygen atoms in total. The molecule has 1 aromatic heterocycles. The van der Waals surface area contributed by atoms with Gasteiger partial charge in [-0.3, -0.25) is 9.80 Å². The second-order valence-electron chi connectivity index (χ2n) is 6.84. The van der Waals surface area contributed by atoms with Gasteiger partial charge in [-0.05, 0) is 12.8 Å². The highest BCUT2D eigenvalue weighted by molar-refractivity contribution is 5.21. The number of imidazole rings is 1. The summed E-state index contributed by atoms with van der Waals surface area (Å²) in [7, 11) is 2.11. The van der Waals surface area contributed by atoms with Crippen molar-refractivity contribution in [1.82, 2.24) is 24.7 Å². The van der Waals surface area contributed by atoms with Crippen molar-refractivity contribution >= 4 is 0 Å². The number of piperazine rings is 1. The fourth-order valence-corrected chi connectivity index (χ4v) is 4.38. The third kappa shape index (κ3) is 2.51. The molecule has 0 bridgehead atoms. The van der Waals surface area contributed by atoms with E-state index in [1.165, 1.54) is 63.3 Å². The maximum Gasteiger partial charge on any atom is 0.0950 e. The monoisotopic (exact) mass is 289 g/mol. The van der Waals surface area contributed by atoms with Crippen molar-refractivity contribution < 1.29 is 0 Å². The molecule has 3 heterocycles. The molecule has 1 unspecified atom stereocenters. The minimum Gasteiger partial charge on any atom is -0.336 e. The van der Waals surface area contributed by atoms with Crippen molar-refractivity contribution in [1.29, 1.82) is 0 Å². The number of aromatic nitrogens is 2. The first-order chi connectivity index (χ1) is 10.3. The highest BCUT2D eigenvalue weighted by atomic mass is 15.3. The molecule has 3 aliphatic rings. The van der Waals surface area contributed by atoms with Gasteiger partial charge in [0.1, 0.15) is 0 Å². The SMILES string of the molecule is Cn1cnc2c1CNCC2N1CCN(C2CCCC2)CC1. The fourth-order valence-electron chi connectivity index (χ4n) is 4.38. The van der Waals surface area contributed by atoms with Gasteiger partial charge < -0.3 is 9.88 Å². The lowest BCUT2D eigenvalue weighted by Crippen LogP contribution is -2.52. The van der Waals surface area contributed by atoms with Gasteiger partial charge in [-0.25, -0.2) is 4.98 Å². The van der Waals surface area contributed by atoms with E-state index in [-0.39, 0.29) is 0 Å². The molecule has 5 heteroatoms. The Hall–Kier alpha value is -0.910. The van der Waals surface area contributed by atoms with Crippen LogP contribution < -0.4 is 5.32 Å². The minimum atomic E-state index is 0.473. The molecule has 1 N–H and O–H groups in total. The molecule has 0 amide bonds. The predicted octanol–water partition coefficient (Wildman–Crippen LogP) is 1.12. The lowest BCUT2D eigenvalue weighted by molar-refractivity contribution is 0.0659. The van der Waals surface area contributed by atoms with Crippen LogP contribution in [0.1, 0.15) is 43.1 Å². The molecule has 1 saturated heterocycles. The number of fused-ring (bicyclic) bond motifs is 1. The summed E-state index contributed by atoms with van der Waals surface area (Å²) in [5, 5.41) is 3.57. The lowest BCUT2D eigenvalue weighted by atomic mass is 10.0. The summed E-state index contributed by atoms with van der Waals surface area (Å²) in [4.78, 5) is 10.1. The lowest BCUT2D eigenvalue weighted by Gasteiger charge is -2.42. The van der Waals surface area contributed by atoms with Crippen molar-refractivity contribution in [3.63, 3.8) is 0 Å². The quantitative estimate of drug-likeness (QED) is 0.885. The zero-order valence-corrected chi connectivity index (χ0v) is 13.1. The van der Waals surface area contributed by atoms with Crippen LogP contribution in [-0.4, -0.2) is 58.1 Å². The summed E-state index contributed by atoms with van der Waals surface area (Å²) in [5.74, 6) is 0. The maximum absolute atomic E-state index is 4.68. The molecule has 0 radical (unpaired) electrons. The van der Waals surface area contributed by atoms with E-state index in [1.54, 1.807) is 0 Å². The van der Waals surface area contributed by atoms with Gasteiger partial charge in [-0.1, -0.05) is 12.8 Å². The van der Waals surface area contributed by atoms with Crippen molar-refractivity contribution in [3.05, 3.63) is 17.7 Å². The van der Waals surface area contributed by atoms with E-state index in [4.69, 9.17) is 0 Å². The van der Waals surface area contributed by atoms with E-state index in [0.717, 1.165) is 19.1 Å². The predicted molar refractivity (Wildman–Crippen MR) is 83.1 cm³/mol. The third-order valence-corrected chi connectivity index (χ3v) is 5.67. The van der Waals surface area contributed by atoms with Gasteiger partial charge in [0.25, 0.3) is 0 Å². The van der Waals surface area contributed by atoms with E-state index in [2.05, 4.69) is 31.7 Å². The summed E-state index contributed by atoms with van der Waals surface area (Å²) in [6, 6.07) is 1.35. The first kappa shape index (κ1) is 13.7. The summed E-state index contributed by atoms with van der Waals surface area (Å²) in [5.41, 5.74) is 2.68. The van der Waals surface area contributed by atoms with E-state index < -0.39 is 0 Å². The molecule has 1 atom stereocenters. The van der Waals surface area contributed by atoms with Crippen LogP contribution in [0.2, 0.25) is 0 Å². The molecule has 0 aromatic carbocycles. The molecule has 1 saturated carbocycles. The highest BCUT2D eigenvalue weighted by Gasteiger charge is 2.33. The molecule has 21 heavy (non-hydrogen) atoms. The Kier molecular flexibility index (Phi) is 3.73. The Morgan fingerprint density at radius 2 is 1.81 bits per heavy atom. The summed E-state index contributed by atoms with van der Waals surface area (Å²) < 4.78 is 2.17. The topological polar surface area (TPSA) is 36.3 Å². The molecular formula is C16H27N5. The van der Waals surface area contributed by atoms with Crippen molar-refractivity contribution in [2.45, 2.75) is 44.3 Å². The van der Waals surface area contributed by atoms with Crippen LogP contribution in [0.4, 0.5) is 0 Å². The van der Waals surface area contributed by atoms with Gasteiger partial charge in [-0.2, -0.15) is 0 Å². The third-order valence-electron chi connectivity index (χ3n) is 5.67. The van der Waals surface area contributed by atoms with E-state index >= 15 is 0 Å². The van der Waals surface area contributed by atoms with Crippen LogP contribution in [0.5, 0.6) is 0 Å². The first-order valence-electron chi connectivity index (χ1n) is 8.52. The van der Waals surface area contributed by atoms with Crippen LogP contribution in [0.15, 0.2) is 6.33 Å². The van der Waals surface area contributed by atoms with E-state index in [9.17, 15) is 0 Å². The van der Waals surface area contributed by atoms with Crippen LogP contribution in [0.3, 0.4) is 0 Å². The molecule has 0 spiro atoms. The Morgan fingerprint density at radius 1 is 1.10 bits per heavy atom. The number of nitrogens with zero attached hydrogens (tertiary/aromatic N) is 4. The Labute approximate surface area is 127 Å². The van der Waals surface area contributed by atoms with Crippen LogP contribution in [-0.2, 0) is 13.6 Å². The maximum atomic E-state index is 4.68. The van der Waals surface area contributed by atoms with Crippen LogP contribution in [0.25, 0.3) is 0 Å². The second-order valence-corrected chi connectivity index (χ2v) is 6.84. The molecule has 2 fully saturated rings. The molecule has 4 rings (SSSR count). The average molecular weight is 289 g/mol. The smallest absolute Gasteiger partial charge is 0.0950 e. The Bertz CT molecular complexity index is 483. The largest absolute Gasteiger partial charge is 0.336 e. The number of nitrogens with one attached hydrogen (secondary N) is 1. The van der Waals surface area contributed by atoms with Gasteiger partial charge >= 0.3 is 0 Å². The summed E-state index contributed by atoms with van der Waals surface area (Å²) in [6.07, 6.45) is 7.70. The standard InChI is InChI=1S/C16H27N5/c1-19-12-18-16-14(19)10-17-11-15(16)21-8-6-20(7-9-21)13-4-2-3-5-13/h12-13,15,17H,2-11H2,1H3. The van der Waals surface area contributed by atoms with Crippen LogP contribution in [0, 0.1) is 0 Å². The van der Waals surface area contributed by atoms with Crippen molar-refractivity contribution in [2.24, 2.45) is 7.05 Å². The average Bonchev–Trinajstić information content (AvgIpc) is 3.18. The Balaban J connectivity index is 1.42. The van der Waals surface area contributed by atoms with Crippen molar-refractivity contribution in [3.8, 4) is 0 Å². The zero-order chi connectivity index (χ0) is 14.2. The molecule has 1 aromatic rings. The normalized spacial score (nSPS) is 28.9. The first-order valence-corrected chi connectivity index (χ1v) is 8.52. The van der Waals surface area contributed by atoms with Gasteiger partial charge in [0, 0.05) is 52.4 Å². The van der Waals surface area contributed by atoms with E-state index in [1.807, 2.05) is 6.33 Å². The van der Waals surface area contributed by atoms with Crippen LogP contribution >= 0.6 is 0 Å². The number of hydrogen-bond acceptors (Lipinski definition) is 4. The number of aryl methyl sites for hydroxylation is 1. The fraction of sp³-hybridized carbons (Fsp3) is 0.812. The molecule has 1 aliphatic carbocycles. The molecular weight excluding hydrogens is 262 g/mol. The number of hydrogen-bond donors (Lipinski definition) is 1. The van der Waals surface area contributed by atoms with Gasteiger partial charge in [0.2, 0.25) is 0 Å². The van der Waals surface area contributed by atoms with Crippen molar-refractivity contribution in [2.75, 3.05) is 32.7 Å². The zero-order valence-electron chi connectivity index (χ0n) is 13.1. The molecule has 2 aliphatic heterocycles. The summed E-state index contributed by atoms with van der Waals surface area (Å²) >= 11 is 0. The van der Waals surface area contributed by atoms with Gasteiger partial charge in [-0.15, -0.1) is 0 Å². The minimum absolute atomic E-state index is 0.473. The van der Waals surface area contributed by atoms with Gasteiger partial charge in [0.15, 0.2) is 0 Å². The Morgan fingerprint density at radius 3 is 2.57 bits per heavy atom. The summed E-state index contributed by atoms with van der Waals surface area (Å²) in [6.45, 7) is 6.88. The number of rotatable bonds is 2. The highest BCUT2D eigenvalue weighted by Crippen LogP contribution is 2.29. The second kappa shape index (κ2) is 5.71. The molecule has 116 valence electrons. The van der Waals surface area contributed by atoms with Gasteiger partial charge in [0.05, 0.1) is 23.8 Å².